The lowest BCUT2D eigenvalue weighted by molar-refractivity contribution is 0.231. The van der Waals surface area contributed by atoms with Crippen molar-refractivity contribution in [3.8, 4) is 11.8 Å². The summed E-state index contributed by atoms with van der Waals surface area (Å²) < 4.78 is 6.15. The van der Waals surface area contributed by atoms with Crippen molar-refractivity contribution in [3.63, 3.8) is 0 Å². The summed E-state index contributed by atoms with van der Waals surface area (Å²) in [6.07, 6.45) is 5.04. The highest BCUT2D eigenvalue weighted by Crippen LogP contribution is 2.50. The number of ether oxygens (including phenoxy) is 1. The Bertz CT molecular complexity index is 1040. The standard InChI is InChI=1S/C29H30N2O/c30-22-29(24-10-4-1-5-11-24,25-12-6-2-7-13-25)27-21-32-28-15-14-23(20-26(27)28)16-19-31-17-8-3-9-18-31/h1-2,4-7,10-15,20,27H,3,8-9,16-19,21H2/t27-/m0/s1. The molecule has 0 radical (unpaired) electrons. The molecular formula is C29H30N2O. The van der Waals surface area contributed by atoms with Crippen LogP contribution in [0.1, 0.15) is 47.4 Å². The lowest BCUT2D eigenvalue weighted by Gasteiger charge is -2.33. The molecule has 0 aromatic heterocycles. The van der Waals surface area contributed by atoms with Crippen molar-refractivity contribution in [2.45, 2.75) is 37.0 Å². The normalized spacial score (nSPS) is 18.5. The molecule has 2 aliphatic rings. The number of piperidine rings is 1. The first kappa shape index (κ1) is 20.8. The maximum Gasteiger partial charge on any atom is 0.123 e. The van der Waals surface area contributed by atoms with Crippen molar-refractivity contribution in [2.24, 2.45) is 0 Å². The molecule has 3 aromatic rings. The van der Waals surface area contributed by atoms with Gasteiger partial charge in [-0.05, 0) is 55.1 Å². The largest absolute Gasteiger partial charge is 0.493 e. The molecule has 0 amide bonds. The molecule has 2 aliphatic heterocycles. The Morgan fingerprint density at radius 2 is 1.53 bits per heavy atom. The zero-order valence-corrected chi connectivity index (χ0v) is 18.5. The number of hydrogen-bond acceptors (Lipinski definition) is 3. The van der Waals surface area contributed by atoms with E-state index in [1.165, 1.54) is 37.9 Å². The highest BCUT2D eigenvalue weighted by molar-refractivity contribution is 5.55. The first-order valence-electron chi connectivity index (χ1n) is 11.8. The SMILES string of the molecule is N#CC(c1ccccc1)(c1ccccc1)[C@H]1COc2ccc(CCN3CCCCC3)cc21. The molecule has 0 saturated carbocycles. The topological polar surface area (TPSA) is 36.3 Å². The summed E-state index contributed by atoms with van der Waals surface area (Å²) in [5, 5.41) is 10.7. The van der Waals surface area contributed by atoms with Crippen LogP contribution in [0.15, 0.2) is 78.9 Å². The van der Waals surface area contributed by atoms with E-state index in [2.05, 4.69) is 53.4 Å². The summed E-state index contributed by atoms with van der Waals surface area (Å²) >= 11 is 0. The molecule has 1 saturated heterocycles. The second kappa shape index (κ2) is 9.18. The summed E-state index contributed by atoms with van der Waals surface area (Å²) in [5.41, 5.74) is 3.75. The Balaban J connectivity index is 1.52. The van der Waals surface area contributed by atoms with Crippen LogP contribution in [-0.2, 0) is 11.8 Å². The summed E-state index contributed by atoms with van der Waals surface area (Å²) in [6, 6.07) is 29.8. The van der Waals surface area contributed by atoms with Crippen LogP contribution < -0.4 is 4.74 Å². The van der Waals surface area contributed by atoms with Crippen molar-refractivity contribution in [2.75, 3.05) is 26.2 Å². The predicted octanol–water partition coefficient (Wildman–Crippen LogP) is 5.70. The Labute approximate surface area is 191 Å². The molecule has 0 N–H and O–H groups in total. The van der Waals surface area contributed by atoms with E-state index >= 15 is 0 Å². The van der Waals surface area contributed by atoms with Crippen LogP contribution in [0.3, 0.4) is 0 Å². The molecule has 3 aromatic carbocycles. The van der Waals surface area contributed by atoms with Gasteiger partial charge in [0.25, 0.3) is 0 Å². The quantitative estimate of drug-likeness (QED) is 0.511. The lowest BCUT2D eigenvalue weighted by Crippen LogP contribution is -2.34. The fourth-order valence-electron chi connectivity index (χ4n) is 5.43. The average Bonchev–Trinajstić information content (AvgIpc) is 3.29. The monoisotopic (exact) mass is 422 g/mol. The Morgan fingerprint density at radius 1 is 0.875 bits per heavy atom. The number of benzene rings is 3. The van der Waals surface area contributed by atoms with Gasteiger partial charge in [0.05, 0.1) is 12.7 Å². The van der Waals surface area contributed by atoms with Gasteiger partial charge in [0.2, 0.25) is 0 Å². The fourth-order valence-corrected chi connectivity index (χ4v) is 5.43. The van der Waals surface area contributed by atoms with E-state index in [1.54, 1.807) is 0 Å². The fraction of sp³-hybridized carbons (Fsp3) is 0.345. The highest BCUT2D eigenvalue weighted by atomic mass is 16.5. The number of rotatable bonds is 6. The third kappa shape index (κ3) is 3.80. The highest BCUT2D eigenvalue weighted by Gasteiger charge is 2.47. The van der Waals surface area contributed by atoms with Gasteiger partial charge in [0.1, 0.15) is 11.2 Å². The van der Waals surface area contributed by atoms with Crippen molar-refractivity contribution in [1.82, 2.24) is 4.90 Å². The molecule has 3 heteroatoms. The molecule has 5 rings (SSSR count). The molecule has 0 unspecified atom stereocenters. The van der Waals surface area contributed by atoms with E-state index in [-0.39, 0.29) is 5.92 Å². The van der Waals surface area contributed by atoms with Crippen LogP contribution in [0.2, 0.25) is 0 Å². The average molecular weight is 423 g/mol. The summed E-state index contributed by atoms with van der Waals surface area (Å²) in [6.45, 7) is 4.06. The first-order chi connectivity index (χ1) is 15.8. The maximum atomic E-state index is 10.7. The van der Waals surface area contributed by atoms with Crippen LogP contribution in [0.25, 0.3) is 0 Å². The molecule has 0 spiro atoms. The van der Waals surface area contributed by atoms with Crippen LogP contribution in [-0.4, -0.2) is 31.1 Å². The van der Waals surface area contributed by atoms with Crippen LogP contribution >= 0.6 is 0 Å². The predicted molar refractivity (Wildman–Crippen MR) is 128 cm³/mol. The Morgan fingerprint density at radius 3 is 2.16 bits per heavy atom. The van der Waals surface area contributed by atoms with Crippen molar-refractivity contribution in [1.29, 1.82) is 5.26 Å². The third-order valence-electron chi connectivity index (χ3n) is 7.18. The van der Waals surface area contributed by atoms with Crippen LogP contribution in [0.5, 0.6) is 5.75 Å². The molecule has 2 heterocycles. The molecule has 3 nitrogen and oxygen atoms in total. The zero-order chi connectivity index (χ0) is 21.8. The van der Waals surface area contributed by atoms with Gasteiger partial charge in [-0.25, -0.2) is 0 Å². The van der Waals surface area contributed by atoms with Crippen molar-refractivity contribution < 1.29 is 4.74 Å². The Hall–Kier alpha value is -3.09. The summed E-state index contributed by atoms with van der Waals surface area (Å²) in [7, 11) is 0. The van der Waals surface area contributed by atoms with E-state index in [9.17, 15) is 5.26 Å². The first-order valence-corrected chi connectivity index (χ1v) is 11.8. The third-order valence-corrected chi connectivity index (χ3v) is 7.18. The Kier molecular flexibility index (Phi) is 5.97. The van der Waals surface area contributed by atoms with Crippen LogP contribution in [0, 0.1) is 11.3 Å². The van der Waals surface area contributed by atoms with Gasteiger partial charge in [-0.15, -0.1) is 0 Å². The summed E-state index contributed by atoms with van der Waals surface area (Å²) in [4.78, 5) is 2.58. The lowest BCUT2D eigenvalue weighted by atomic mass is 9.65. The van der Waals surface area contributed by atoms with E-state index in [0.717, 1.165) is 35.4 Å². The second-order valence-electron chi connectivity index (χ2n) is 9.04. The molecule has 32 heavy (non-hydrogen) atoms. The smallest absolute Gasteiger partial charge is 0.123 e. The van der Waals surface area contributed by atoms with Crippen LogP contribution in [0.4, 0.5) is 0 Å². The van der Waals surface area contributed by atoms with Gasteiger partial charge in [0.15, 0.2) is 0 Å². The van der Waals surface area contributed by atoms with Crippen molar-refractivity contribution >= 4 is 0 Å². The van der Waals surface area contributed by atoms with E-state index < -0.39 is 5.41 Å². The van der Waals surface area contributed by atoms with Gasteiger partial charge >= 0.3 is 0 Å². The number of nitrogens with zero attached hydrogens (tertiary/aromatic N) is 2. The van der Waals surface area contributed by atoms with Gasteiger partial charge < -0.3 is 9.64 Å². The molecular weight excluding hydrogens is 392 g/mol. The van der Waals surface area contributed by atoms with Crippen molar-refractivity contribution in [3.05, 3.63) is 101 Å². The van der Waals surface area contributed by atoms with Gasteiger partial charge in [-0.3, -0.25) is 0 Å². The van der Waals surface area contributed by atoms with E-state index in [4.69, 9.17) is 4.74 Å². The molecule has 0 bridgehead atoms. The number of hydrogen-bond donors (Lipinski definition) is 0. The number of likely N-dealkylation sites (tertiary alicyclic amines) is 1. The molecule has 0 aliphatic carbocycles. The molecule has 1 fully saturated rings. The minimum atomic E-state index is -0.792. The minimum absolute atomic E-state index is 0.0535. The minimum Gasteiger partial charge on any atom is -0.493 e. The second-order valence-corrected chi connectivity index (χ2v) is 9.04. The molecule has 1 atom stereocenters. The number of fused-ring (bicyclic) bond motifs is 1. The van der Waals surface area contributed by atoms with Gasteiger partial charge in [-0.2, -0.15) is 5.26 Å². The van der Waals surface area contributed by atoms with E-state index in [1.807, 2.05) is 36.4 Å². The van der Waals surface area contributed by atoms with E-state index in [0.29, 0.717) is 6.61 Å². The summed E-state index contributed by atoms with van der Waals surface area (Å²) in [5.74, 6) is 0.866. The zero-order valence-electron chi connectivity index (χ0n) is 18.5. The van der Waals surface area contributed by atoms with Gasteiger partial charge in [-0.1, -0.05) is 79.2 Å². The number of nitriles is 1. The maximum absolute atomic E-state index is 10.7. The molecule has 162 valence electrons. The van der Waals surface area contributed by atoms with Gasteiger partial charge in [0, 0.05) is 18.0 Å².